The average Bonchev–Trinajstić information content (AvgIpc) is 2.76. The van der Waals surface area contributed by atoms with Crippen molar-refractivity contribution >= 4 is 46.1 Å². The lowest BCUT2D eigenvalue weighted by molar-refractivity contribution is 0.0963. The topological polar surface area (TPSA) is 106 Å². The van der Waals surface area contributed by atoms with Gasteiger partial charge in [0.05, 0.1) is 6.61 Å². The maximum absolute atomic E-state index is 12.1. The Labute approximate surface area is 216 Å². The molecular weight excluding hydrogens is 545 g/mol. The average molecular weight is 579 g/mol. The molecule has 1 aromatic heterocycles. The smallest absolute Gasteiger partial charge is 0.320 e. The summed E-state index contributed by atoms with van der Waals surface area (Å²) in [6, 6.07) is 7.81. The van der Waals surface area contributed by atoms with Crippen molar-refractivity contribution in [3.05, 3.63) is 34.9 Å². The third-order valence-corrected chi connectivity index (χ3v) is 5.36. The summed E-state index contributed by atoms with van der Waals surface area (Å²) in [5.41, 5.74) is 2.40. The summed E-state index contributed by atoms with van der Waals surface area (Å²) in [6.45, 7) is 10.3. The van der Waals surface area contributed by atoms with Crippen LogP contribution in [0.2, 0.25) is 0 Å². The third-order valence-electron chi connectivity index (χ3n) is 4.88. The van der Waals surface area contributed by atoms with E-state index in [0.29, 0.717) is 41.6 Å². The Hall–Kier alpha value is -2.65. The molecular formula is C24H34IN7O2. The fraction of sp³-hybridized carbons (Fsp3) is 0.500. The van der Waals surface area contributed by atoms with Crippen molar-refractivity contribution in [2.75, 3.05) is 51.1 Å². The number of aryl methyl sites for hydroxylation is 1. The van der Waals surface area contributed by atoms with Gasteiger partial charge in [-0.1, -0.05) is 26.8 Å². The highest BCUT2D eigenvalue weighted by atomic mass is 127. The number of benzene rings is 1. The van der Waals surface area contributed by atoms with E-state index in [2.05, 4.69) is 73.4 Å². The Morgan fingerprint density at radius 2 is 1.97 bits per heavy atom. The molecule has 0 bridgehead atoms. The largest absolute Gasteiger partial charge is 0.463 e. The zero-order valence-electron chi connectivity index (χ0n) is 21.0. The van der Waals surface area contributed by atoms with Gasteiger partial charge in [0.25, 0.3) is 5.91 Å². The second-order valence-electron chi connectivity index (χ2n) is 9.35. The van der Waals surface area contributed by atoms with E-state index in [-0.39, 0.29) is 17.3 Å². The van der Waals surface area contributed by atoms with E-state index in [0.717, 1.165) is 18.5 Å². The number of carbonyl (C=O) groups excluding carboxylic acids is 1. The van der Waals surface area contributed by atoms with Crippen LogP contribution in [0.15, 0.2) is 18.2 Å². The van der Waals surface area contributed by atoms with Gasteiger partial charge >= 0.3 is 6.01 Å². The summed E-state index contributed by atoms with van der Waals surface area (Å²) < 4.78 is 7.93. The summed E-state index contributed by atoms with van der Waals surface area (Å²) in [4.78, 5) is 23.2. The number of hydrogen-bond acceptors (Lipinski definition) is 8. The fourth-order valence-electron chi connectivity index (χ4n) is 3.37. The third kappa shape index (κ3) is 7.99. The summed E-state index contributed by atoms with van der Waals surface area (Å²) in [7, 11) is 5.49. The molecule has 2 N–H and O–H groups in total. The highest BCUT2D eigenvalue weighted by molar-refractivity contribution is 14.1. The van der Waals surface area contributed by atoms with E-state index in [1.807, 2.05) is 32.0 Å². The Morgan fingerprint density at radius 3 is 2.56 bits per heavy atom. The maximum atomic E-state index is 12.1. The molecule has 0 saturated heterocycles. The molecule has 0 aliphatic carbocycles. The lowest BCUT2D eigenvalue weighted by Gasteiger charge is -2.28. The van der Waals surface area contributed by atoms with Crippen LogP contribution in [0.25, 0.3) is 0 Å². The van der Waals surface area contributed by atoms with Crippen molar-refractivity contribution in [2.45, 2.75) is 34.1 Å². The van der Waals surface area contributed by atoms with Gasteiger partial charge in [0, 0.05) is 61.3 Å². The van der Waals surface area contributed by atoms with E-state index in [1.165, 1.54) is 0 Å². The number of nitrogens with one attached hydrogen (secondary N) is 2. The van der Waals surface area contributed by atoms with E-state index < -0.39 is 0 Å². The Balaban J connectivity index is 2.50. The molecule has 0 spiro atoms. The highest BCUT2D eigenvalue weighted by Gasteiger charge is 2.23. The quantitative estimate of drug-likeness (QED) is 0.244. The number of anilines is 3. The highest BCUT2D eigenvalue weighted by Crippen LogP contribution is 2.31. The Kier molecular flexibility index (Phi) is 9.88. The number of amides is 1. The van der Waals surface area contributed by atoms with Gasteiger partial charge in [-0.15, -0.1) is 0 Å². The molecule has 184 valence electrons. The van der Waals surface area contributed by atoms with E-state index in [4.69, 9.17) is 4.74 Å². The number of carbonyl (C=O) groups is 1. The lowest BCUT2D eigenvalue weighted by atomic mass is 9.96. The number of halogens is 1. The van der Waals surface area contributed by atoms with Gasteiger partial charge in [-0.05, 0) is 43.5 Å². The molecule has 0 aliphatic rings. The number of hydrogen-bond donors (Lipinski definition) is 2. The van der Waals surface area contributed by atoms with Gasteiger partial charge in [0.1, 0.15) is 11.6 Å². The molecule has 2 rings (SSSR count). The van der Waals surface area contributed by atoms with E-state index in [9.17, 15) is 10.1 Å². The minimum Gasteiger partial charge on any atom is -0.463 e. The minimum atomic E-state index is -0.193. The molecule has 0 unspecified atom stereocenters. The van der Waals surface area contributed by atoms with Crippen LogP contribution in [0, 0.1) is 23.7 Å². The molecule has 1 heterocycles. The van der Waals surface area contributed by atoms with Crippen LogP contribution in [0.4, 0.5) is 17.3 Å². The van der Waals surface area contributed by atoms with Crippen LogP contribution in [0.3, 0.4) is 0 Å². The van der Waals surface area contributed by atoms with Crippen molar-refractivity contribution in [1.82, 2.24) is 18.4 Å². The maximum Gasteiger partial charge on any atom is 0.320 e. The van der Waals surface area contributed by atoms with Crippen molar-refractivity contribution in [1.29, 1.82) is 5.26 Å². The molecule has 0 saturated carbocycles. The van der Waals surface area contributed by atoms with Gasteiger partial charge in [-0.2, -0.15) is 15.2 Å². The second kappa shape index (κ2) is 12.2. The van der Waals surface area contributed by atoms with Gasteiger partial charge < -0.3 is 20.3 Å². The predicted molar refractivity (Wildman–Crippen MR) is 144 cm³/mol. The van der Waals surface area contributed by atoms with Crippen LogP contribution in [-0.2, 0) is 0 Å². The summed E-state index contributed by atoms with van der Waals surface area (Å²) in [5.74, 6) is 0.642. The van der Waals surface area contributed by atoms with Crippen LogP contribution < -0.4 is 20.3 Å². The van der Waals surface area contributed by atoms with Crippen LogP contribution in [0.1, 0.15) is 48.7 Å². The van der Waals surface area contributed by atoms with Crippen molar-refractivity contribution in [3.8, 4) is 12.1 Å². The van der Waals surface area contributed by atoms with Crippen molar-refractivity contribution in [3.63, 3.8) is 0 Å². The van der Waals surface area contributed by atoms with Crippen LogP contribution in [-0.4, -0.2) is 59.8 Å². The van der Waals surface area contributed by atoms with Crippen LogP contribution >= 0.6 is 22.9 Å². The summed E-state index contributed by atoms with van der Waals surface area (Å²) in [6.07, 6.45) is 0.812. The molecule has 0 radical (unpaired) electrons. The number of aromatic nitrogens is 2. The van der Waals surface area contributed by atoms with Gasteiger partial charge in [-0.3, -0.25) is 7.91 Å². The first-order valence-corrected chi connectivity index (χ1v) is 12.0. The fourth-order valence-corrected chi connectivity index (χ4v) is 3.71. The molecule has 2 aromatic rings. The first-order chi connectivity index (χ1) is 15.9. The first-order valence-electron chi connectivity index (χ1n) is 11.1. The number of ether oxygens (including phenoxy) is 1. The van der Waals surface area contributed by atoms with Crippen molar-refractivity contribution in [2.24, 2.45) is 5.41 Å². The Bertz CT molecular complexity index is 1040. The molecule has 0 aliphatic heterocycles. The van der Waals surface area contributed by atoms with Gasteiger partial charge in [-0.25, -0.2) is 0 Å². The SMILES string of the molecule is CNC(=O)c1ccc(C)c(Nc2nc(OCCCN(C)I)nc(N(C)CC(C)(C)C)c2C#N)c1. The normalized spacial score (nSPS) is 11.2. The predicted octanol–water partition coefficient (Wildman–Crippen LogP) is 4.29. The van der Waals surface area contributed by atoms with Crippen LogP contribution in [0.5, 0.6) is 6.01 Å². The zero-order valence-corrected chi connectivity index (χ0v) is 23.1. The standard InChI is InChI=1S/C24H34IN7O2/c1-16-9-10-17(22(33)27-5)13-19(16)28-20-18(14-26)21(31(6)15-24(2,3)4)30-23(29-20)34-12-8-11-32(7)25/h9-10,13H,8,11-12,15H2,1-7H3,(H,27,33)(H,28,29,30). The number of rotatable bonds is 10. The minimum absolute atomic E-state index is 0.00958. The first kappa shape index (κ1) is 27.6. The van der Waals surface area contributed by atoms with Gasteiger partial charge in [0.2, 0.25) is 0 Å². The molecule has 1 amide bonds. The zero-order chi connectivity index (χ0) is 25.5. The number of nitrogens with zero attached hydrogens (tertiary/aromatic N) is 5. The molecule has 10 heteroatoms. The molecule has 0 fully saturated rings. The van der Waals surface area contributed by atoms with Crippen molar-refractivity contribution < 1.29 is 9.53 Å². The Morgan fingerprint density at radius 1 is 1.26 bits per heavy atom. The second-order valence-corrected chi connectivity index (χ2v) is 11.0. The summed E-state index contributed by atoms with van der Waals surface area (Å²) in [5, 5.41) is 15.9. The monoisotopic (exact) mass is 579 g/mol. The molecule has 0 atom stereocenters. The summed E-state index contributed by atoms with van der Waals surface area (Å²) >= 11 is 2.23. The lowest BCUT2D eigenvalue weighted by Crippen LogP contribution is -2.30. The van der Waals surface area contributed by atoms with E-state index >= 15 is 0 Å². The molecule has 9 nitrogen and oxygen atoms in total. The molecule has 34 heavy (non-hydrogen) atoms. The number of nitriles is 1. The van der Waals surface area contributed by atoms with E-state index in [1.54, 1.807) is 19.2 Å². The molecule has 1 aromatic carbocycles. The van der Waals surface area contributed by atoms with Gasteiger partial charge in [0.15, 0.2) is 11.6 Å².